The molecule has 5 heteroatoms. The van der Waals surface area contributed by atoms with Gasteiger partial charge in [-0.05, 0) is 56.1 Å². The molecule has 1 unspecified atom stereocenters. The molecule has 0 radical (unpaired) electrons. The number of pyridine rings is 1. The average molecular weight is 341 g/mol. The number of benzene rings is 1. The van der Waals surface area contributed by atoms with E-state index in [1.807, 2.05) is 12.3 Å². The van der Waals surface area contributed by atoms with Gasteiger partial charge in [0.2, 0.25) is 0 Å². The van der Waals surface area contributed by atoms with Crippen LogP contribution in [0.5, 0.6) is 5.75 Å². The van der Waals surface area contributed by atoms with Crippen LogP contribution in [0.2, 0.25) is 0 Å². The topological polar surface area (TPSA) is 59.8 Å². The van der Waals surface area contributed by atoms with Crippen LogP contribution >= 0.6 is 0 Å². The highest BCUT2D eigenvalue weighted by Gasteiger charge is 2.37. The summed E-state index contributed by atoms with van der Waals surface area (Å²) in [4.78, 5) is 9.21. The monoisotopic (exact) mass is 341 g/mol. The lowest BCUT2D eigenvalue weighted by Gasteiger charge is -2.33. The Balaban J connectivity index is 1.39. The van der Waals surface area contributed by atoms with E-state index < -0.39 is 5.60 Å². The third kappa shape index (κ3) is 3.94. The van der Waals surface area contributed by atoms with E-state index in [0.717, 1.165) is 62.2 Å². The van der Waals surface area contributed by atoms with Gasteiger partial charge in [0.1, 0.15) is 5.75 Å². The van der Waals surface area contributed by atoms with Gasteiger partial charge in [0, 0.05) is 43.8 Å². The molecule has 1 aromatic carbocycles. The van der Waals surface area contributed by atoms with Crippen molar-refractivity contribution < 1.29 is 10.2 Å². The van der Waals surface area contributed by atoms with E-state index in [-0.39, 0.29) is 5.75 Å². The third-order valence-corrected chi connectivity index (χ3v) is 5.51. The van der Waals surface area contributed by atoms with E-state index in [9.17, 15) is 10.2 Å². The van der Waals surface area contributed by atoms with Crippen molar-refractivity contribution >= 4 is 10.9 Å². The lowest BCUT2D eigenvalue weighted by atomic mass is 10.0. The number of rotatable bonds is 4. The molecule has 0 spiro atoms. The maximum absolute atomic E-state index is 11.0. The molecule has 2 N–H and O–H groups in total. The molecule has 25 heavy (non-hydrogen) atoms. The zero-order valence-corrected chi connectivity index (χ0v) is 14.7. The molecule has 2 saturated heterocycles. The number of β-amino-alcohol motifs (C(OH)–C–C–N with tert-alkyl or cyclic N) is 1. The normalized spacial score (nSPS) is 25.6. The SMILES string of the molecule is Oc1ccc2cc(CN3CCC(O)(CN4CCCCC4)C3)cnc2c1. The largest absolute Gasteiger partial charge is 0.508 e. The van der Waals surface area contributed by atoms with Crippen LogP contribution in [0.3, 0.4) is 0 Å². The van der Waals surface area contributed by atoms with Gasteiger partial charge in [-0.1, -0.05) is 6.42 Å². The minimum atomic E-state index is -0.576. The predicted molar refractivity (Wildman–Crippen MR) is 98.5 cm³/mol. The molecule has 0 aliphatic carbocycles. The van der Waals surface area contributed by atoms with Gasteiger partial charge in [0.25, 0.3) is 0 Å². The molecule has 134 valence electrons. The van der Waals surface area contributed by atoms with Crippen molar-refractivity contribution in [3.8, 4) is 5.75 Å². The Morgan fingerprint density at radius 3 is 2.72 bits per heavy atom. The van der Waals surface area contributed by atoms with Crippen molar-refractivity contribution in [3.63, 3.8) is 0 Å². The lowest BCUT2D eigenvalue weighted by molar-refractivity contribution is 0.00635. The second-order valence-electron chi connectivity index (χ2n) is 7.74. The van der Waals surface area contributed by atoms with Gasteiger partial charge < -0.3 is 15.1 Å². The summed E-state index contributed by atoms with van der Waals surface area (Å²) >= 11 is 0. The second kappa shape index (κ2) is 6.90. The Kier molecular flexibility index (Phi) is 4.63. The molecule has 2 aliphatic rings. The smallest absolute Gasteiger partial charge is 0.117 e. The molecule has 2 aromatic rings. The van der Waals surface area contributed by atoms with Crippen LogP contribution in [-0.4, -0.2) is 63.3 Å². The number of phenolic OH excluding ortho intramolecular Hbond substituents is 1. The molecule has 2 fully saturated rings. The van der Waals surface area contributed by atoms with Crippen molar-refractivity contribution in [2.75, 3.05) is 32.7 Å². The number of aromatic nitrogens is 1. The number of fused-ring (bicyclic) bond motifs is 1. The molecule has 3 heterocycles. The quantitative estimate of drug-likeness (QED) is 0.894. The number of likely N-dealkylation sites (tertiary alicyclic amines) is 2. The molecule has 1 aromatic heterocycles. The van der Waals surface area contributed by atoms with Crippen molar-refractivity contribution in [3.05, 3.63) is 36.0 Å². The van der Waals surface area contributed by atoms with Crippen molar-refractivity contribution in [1.82, 2.24) is 14.8 Å². The maximum Gasteiger partial charge on any atom is 0.117 e. The fraction of sp³-hybridized carbons (Fsp3) is 0.550. The van der Waals surface area contributed by atoms with E-state index in [2.05, 4.69) is 20.9 Å². The first kappa shape index (κ1) is 16.8. The second-order valence-corrected chi connectivity index (χ2v) is 7.74. The first-order valence-corrected chi connectivity index (χ1v) is 9.34. The van der Waals surface area contributed by atoms with E-state index in [1.165, 1.54) is 19.3 Å². The number of aliphatic hydroxyl groups is 1. The fourth-order valence-corrected chi connectivity index (χ4v) is 4.24. The first-order valence-electron chi connectivity index (χ1n) is 9.34. The van der Waals surface area contributed by atoms with Crippen LogP contribution < -0.4 is 0 Å². The summed E-state index contributed by atoms with van der Waals surface area (Å²) in [5, 5.41) is 21.5. The van der Waals surface area contributed by atoms with Gasteiger partial charge in [-0.2, -0.15) is 0 Å². The van der Waals surface area contributed by atoms with E-state index in [0.29, 0.717) is 0 Å². The van der Waals surface area contributed by atoms with E-state index in [4.69, 9.17) is 0 Å². The predicted octanol–water partition coefficient (Wildman–Crippen LogP) is 2.36. The highest BCUT2D eigenvalue weighted by atomic mass is 16.3. The standard InChI is InChI=1S/C20H27N3O2/c24-18-5-4-17-10-16(12-21-19(17)11-18)13-23-9-6-20(25,15-23)14-22-7-2-1-3-8-22/h4-5,10-12,24-25H,1-3,6-9,13-15H2. The van der Waals surface area contributed by atoms with Gasteiger partial charge >= 0.3 is 0 Å². The lowest BCUT2D eigenvalue weighted by Crippen LogP contribution is -2.46. The molecular formula is C20H27N3O2. The summed E-state index contributed by atoms with van der Waals surface area (Å²) in [6, 6.07) is 7.41. The van der Waals surface area contributed by atoms with Gasteiger partial charge in [0.05, 0.1) is 11.1 Å². The summed E-state index contributed by atoms with van der Waals surface area (Å²) < 4.78 is 0. The third-order valence-electron chi connectivity index (χ3n) is 5.51. The molecular weight excluding hydrogens is 314 g/mol. The number of aromatic hydroxyl groups is 1. The van der Waals surface area contributed by atoms with E-state index in [1.54, 1.807) is 12.1 Å². The average Bonchev–Trinajstić information content (AvgIpc) is 2.96. The van der Waals surface area contributed by atoms with Gasteiger partial charge in [0.15, 0.2) is 0 Å². The van der Waals surface area contributed by atoms with E-state index >= 15 is 0 Å². The van der Waals surface area contributed by atoms with Crippen LogP contribution in [0.25, 0.3) is 10.9 Å². The maximum atomic E-state index is 11.0. The van der Waals surface area contributed by atoms with Crippen molar-refractivity contribution in [2.24, 2.45) is 0 Å². The highest BCUT2D eigenvalue weighted by Crippen LogP contribution is 2.26. The fourth-order valence-electron chi connectivity index (χ4n) is 4.24. The minimum Gasteiger partial charge on any atom is -0.508 e. The Labute approximate surface area is 148 Å². The molecule has 0 bridgehead atoms. The Morgan fingerprint density at radius 1 is 1.04 bits per heavy atom. The Hall–Kier alpha value is -1.69. The van der Waals surface area contributed by atoms with Crippen LogP contribution in [-0.2, 0) is 6.54 Å². The summed E-state index contributed by atoms with van der Waals surface area (Å²) in [7, 11) is 0. The number of nitrogens with zero attached hydrogens (tertiary/aromatic N) is 3. The van der Waals surface area contributed by atoms with Gasteiger partial charge in [-0.15, -0.1) is 0 Å². The summed E-state index contributed by atoms with van der Waals surface area (Å²) in [5.41, 5.74) is 1.39. The summed E-state index contributed by atoms with van der Waals surface area (Å²) in [6.07, 6.45) is 6.58. The number of hydrogen-bond acceptors (Lipinski definition) is 5. The Morgan fingerprint density at radius 2 is 1.88 bits per heavy atom. The van der Waals surface area contributed by atoms with Crippen LogP contribution in [0.15, 0.2) is 30.5 Å². The minimum absolute atomic E-state index is 0.245. The zero-order valence-electron chi connectivity index (χ0n) is 14.7. The molecule has 5 nitrogen and oxygen atoms in total. The molecule has 0 saturated carbocycles. The number of phenols is 1. The molecule has 1 atom stereocenters. The van der Waals surface area contributed by atoms with Crippen molar-refractivity contribution in [1.29, 1.82) is 0 Å². The molecule has 0 amide bonds. The summed E-state index contributed by atoms with van der Waals surface area (Å²) in [5.74, 6) is 0.245. The Bertz CT molecular complexity index is 745. The number of piperidine rings is 1. The zero-order chi connectivity index (χ0) is 17.3. The molecule has 4 rings (SSSR count). The van der Waals surface area contributed by atoms with Crippen LogP contribution in [0, 0.1) is 0 Å². The summed E-state index contributed by atoms with van der Waals surface area (Å²) in [6.45, 7) is 5.54. The molecule has 2 aliphatic heterocycles. The van der Waals surface area contributed by atoms with Gasteiger partial charge in [-0.3, -0.25) is 9.88 Å². The first-order chi connectivity index (χ1) is 12.1. The van der Waals surface area contributed by atoms with Gasteiger partial charge in [-0.25, -0.2) is 0 Å². The van der Waals surface area contributed by atoms with Crippen LogP contribution in [0.4, 0.5) is 0 Å². The van der Waals surface area contributed by atoms with Crippen LogP contribution in [0.1, 0.15) is 31.2 Å². The van der Waals surface area contributed by atoms with Crippen molar-refractivity contribution in [2.45, 2.75) is 37.8 Å². The highest BCUT2D eigenvalue weighted by molar-refractivity contribution is 5.80. The number of hydrogen-bond donors (Lipinski definition) is 2.